The van der Waals surface area contributed by atoms with Crippen LogP contribution in [0.5, 0.6) is 0 Å². The molecule has 4 fully saturated rings. The Bertz CT molecular complexity index is 1010. The summed E-state index contributed by atoms with van der Waals surface area (Å²) in [6.07, 6.45) is 0.340. The maximum absolute atomic E-state index is 14.9. The number of aliphatic hydroxyl groups is 1. The first-order valence-corrected chi connectivity index (χ1v) is 11.5. The minimum Gasteiger partial charge on any atom is -0.376 e. The molecule has 3 aliphatic heterocycles. The molecule has 4 aliphatic rings. The molecule has 3 saturated heterocycles. The standard InChI is InChI=1S/C24H28F2N4O4/c1-23(34,15-5-3-2-4-6-15)22(33)30-17-7-8-18(24(25,26)12-17)19(30)21(32)29-16(13-27)11-14-9-10-28-20(14)31/h2-6,14,16-19,34H,7-12H2,1H3,(H,28,31)(H,29,32)/t14-,16+,17-,18-,19-,23+/m0/s1. The predicted molar refractivity (Wildman–Crippen MR) is 116 cm³/mol. The molecule has 0 radical (unpaired) electrons. The fourth-order valence-corrected chi connectivity index (χ4v) is 5.49. The zero-order valence-electron chi connectivity index (χ0n) is 18.8. The summed E-state index contributed by atoms with van der Waals surface area (Å²) in [5.41, 5.74) is -1.74. The molecule has 3 heterocycles. The summed E-state index contributed by atoms with van der Waals surface area (Å²) < 4.78 is 29.7. The van der Waals surface area contributed by atoms with Gasteiger partial charge in [-0.25, -0.2) is 8.78 Å². The Hall–Kier alpha value is -3.06. The Balaban J connectivity index is 1.60. The summed E-state index contributed by atoms with van der Waals surface area (Å²) in [7, 11) is 0. The topological polar surface area (TPSA) is 123 Å². The number of hydrogen-bond acceptors (Lipinski definition) is 5. The molecule has 3 N–H and O–H groups in total. The number of hydrogen-bond donors (Lipinski definition) is 3. The largest absolute Gasteiger partial charge is 0.376 e. The van der Waals surface area contributed by atoms with Crippen molar-refractivity contribution in [3.05, 3.63) is 35.9 Å². The van der Waals surface area contributed by atoms with E-state index in [2.05, 4.69) is 10.6 Å². The summed E-state index contributed by atoms with van der Waals surface area (Å²) in [4.78, 5) is 39.8. The molecule has 1 aromatic carbocycles. The van der Waals surface area contributed by atoms with Gasteiger partial charge in [0.05, 0.1) is 12.0 Å². The maximum Gasteiger partial charge on any atom is 0.259 e. The first kappa shape index (κ1) is 24.1. The average Bonchev–Trinajstić information content (AvgIpc) is 3.21. The highest BCUT2D eigenvalue weighted by molar-refractivity contribution is 5.93. The van der Waals surface area contributed by atoms with Crippen LogP contribution >= 0.6 is 0 Å². The van der Waals surface area contributed by atoms with Crippen molar-refractivity contribution in [2.24, 2.45) is 11.8 Å². The van der Waals surface area contributed by atoms with Crippen molar-refractivity contribution in [3.8, 4) is 6.07 Å². The molecule has 3 amide bonds. The van der Waals surface area contributed by atoms with Crippen LogP contribution in [0.1, 0.15) is 44.6 Å². The molecular weight excluding hydrogens is 446 g/mol. The molecule has 182 valence electrons. The quantitative estimate of drug-likeness (QED) is 0.576. The Kier molecular flexibility index (Phi) is 6.34. The molecule has 5 rings (SSSR count). The third-order valence-electron chi connectivity index (χ3n) is 7.35. The summed E-state index contributed by atoms with van der Waals surface area (Å²) in [5.74, 6) is -6.95. The Labute approximate surface area is 196 Å². The number of fused-ring (bicyclic) bond motifs is 3. The van der Waals surface area contributed by atoms with Gasteiger partial charge < -0.3 is 20.6 Å². The van der Waals surface area contributed by atoms with Gasteiger partial charge in [0.1, 0.15) is 12.1 Å². The third-order valence-corrected chi connectivity index (χ3v) is 7.35. The maximum atomic E-state index is 14.9. The van der Waals surface area contributed by atoms with Gasteiger partial charge in [-0.05, 0) is 38.2 Å². The fourth-order valence-electron chi connectivity index (χ4n) is 5.49. The number of carbonyl (C=O) groups is 3. The highest BCUT2D eigenvalue weighted by Gasteiger charge is 2.62. The first-order valence-electron chi connectivity index (χ1n) is 11.5. The van der Waals surface area contributed by atoms with Crippen LogP contribution in [0.3, 0.4) is 0 Å². The summed E-state index contributed by atoms with van der Waals surface area (Å²) in [6, 6.07) is 6.55. The van der Waals surface area contributed by atoms with E-state index in [9.17, 15) is 33.5 Å². The van der Waals surface area contributed by atoms with E-state index in [-0.39, 0.29) is 24.3 Å². The summed E-state index contributed by atoms with van der Waals surface area (Å²) in [6.45, 7) is 1.77. The second-order valence-electron chi connectivity index (χ2n) is 9.60. The van der Waals surface area contributed by atoms with Crippen molar-refractivity contribution in [2.45, 2.75) is 68.7 Å². The van der Waals surface area contributed by atoms with Crippen LogP contribution in [0.4, 0.5) is 8.78 Å². The number of nitrogens with one attached hydrogen (secondary N) is 2. The van der Waals surface area contributed by atoms with Crippen molar-refractivity contribution in [1.29, 1.82) is 5.26 Å². The van der Waals surface area contributed by atoms with Crippen LogP contribution in [0.2, 0.25) is 0 Å². The van der Waals surface area contributed by atoms with Gasteiger partial charge in [0.15, 0.2) is 5.60 Å². The number of piperidine rings is 2. The molecule has 10 heteroatoms. The van der Waals surface area contributed by atoms with E-state index in [0.29, 0.717) is 19.4 Å². The average molecular weight is 475 g/mol. The van der Waals surface area contributed by atoms with E-state index >= 15 is 0 Å². The number of carbonyl (C=O) groups excluding carboxylic acids is 3. The fraction of sp³-hybridized carbons (Fsp3) is 0.583. The van der Waals surface area contributed by atoms with Gasteiger partial charge in [0.25, 0.3) is 11.8 Å². The number of benzene rings is 1. The number of amides is 3. The highest BCUT2D eigenvalue weighted by atomic mass is 19.3. The van der Waals surface area contributed by atoms with Crippen molar-refractivity contribution in [2.75, 3.05) is 6.54 Å². The summed E-state index contributed by atoms with van der Waals surface area (Å²) >= 11 is 0. The molecule has 1 aromatic rings. The van der Waals surface area contributed by atoms with E-state index in [4.69, 9.17) is 0 Å². The number of rotatable bonds is 6. The lowest BCUT2D eigenvalue weighted by Gasteiger charge is -2.54. The lowest BCUT2D eigenvalue weighted by atomic mass is 9.70. The SMILES string of the molecule is C[C@](O)(C(=O)N1[C@H]2CC[C@@H]([C@H]1C(=O)N[C@@H](C#N)C[C@@H]1CCNC1=O)C(F)(F)C2)c1ccccc1. The number of halogens is 2. The zero-order valence-corrected chi connectivity index (χ0v) is 18.8. The third kappa shape index (κ3) is 4.25. The van der Waals surface area contributed by atoms with Crippen molar-refractivity contribution in [3.63, 3.8) is 0 Å². The molecule has 8 nitrogen and oxygen atoms in total. The lowest BCUT2D eigenvalue weighted by molar-refractivity contribution is -0.203. The molecule has 0 spiro atoms. The van der Waals surface area contributed by atoms with E-state index < -0.39 is 59.7 Å². The molecule has 0 unspecified atom stereocenters. The molecule has 1 saturated carbocycles. The second kappa shape index (κ2) is 8.95. The highest BCUT2D eigenvalue weighted by Crippen LogP contribution is 2.50. The molecule has 6 atom stereocenters. The second-order valence-corrected chi connectivity index (χ2v) is 9.60. The normalized spacial score (nSPS) is 30.1. The molecule has 1 aliphatic carbocycles. The molecule has 34 heavy (non-hydrogen) atoms. The van der Waals surface area contributed by atoms with E-state index in [1.54, 1.807) is 30.3 Å². The Morgan fingerprint density at radius 2 is 2.03 bits per heavy atom. The van der Waals surface area contributed by atoms with Crippen LogP contribution in [0.25, 0.3) is 0 Å². The monoisotopic (exact) mass is 474 g/mol. The first-order chi connectivity index (χ1) is 16.1. The molecular formula is C24H28F2N4O4. The number of nitriles is 1. The summed E-state index contributed by atoms with van der Waals surface area (Å²) in [5, 5.41) is 25.8. The van der Waals surface area contributed by atoms with E-state index in [1.165, 1.54) is 6.92 Å². The van der Waals surface area contributed by atoms with Gasteiger partial charge in [-0.15, -0.1) is 0 Å². The van der Waals surface area contributed by atoms with Gasteiger partial charge in [-0.1, -0.05) is 30.3 Å². The smallest absolute Gasteiger partial charge is 0.259 e. The van der Waals surface area contributed by atoms with Crippen LogP contribution in [0.15, 0.2) is 30.3 Å². The van der Waals surface area contributed by atoms with Crippen molar-refractivity contribution >= 4 is 17.7 Å². The van der Waals surface area contributed by atoms with Crippen molar-refractivity contribution in [1.82, 2.24) is 15.5 Å². The van der Waals surface area contributed by atoms with Gasteiger partial charge in [-0.2, -0.15) is 5.26 Å². The van der Waals surface area contributed by atoms with Crippen LogP contribution in [0, 0.1) is 23.2 Å². The van der Waals surface area contributed by atoms with Crippen LogP contribution in [-0.2, 0) is 20.0 Å². The van der Waals surface area contributed by atoms with Crippen molar-refractivity contribution < 1.29 is 28.3 Å². The van der Waals surface area contributed by atoms with Crippen LogP contribution in [-0.4, -0.2) is 58.3 Å². The van der Waals surface area contributed by atoms with Crippen LogP contribution < -0.4 is 10.6 Å². The van der Waals surface area contributed by atoms with Gasteiger partial charge in [0, 0.05) is 24.9 Å². The minimum atomic E-state index is -3.16. The van der Waals surface area contributed by atoms with Gasteiger partial charge in [-0.3, -0.25) is 14.4 Å². The molecule has 2 bridgehead atoms. The van der Waals surface area contributed by atoms with E-state index in [1.807, 2.05) is 6.07 Å². The van der Waals surface area contributed by atoms with Gasteiger partial charge >= 0.3 is 0 Å². The zero-order chi connectivity index (χ0) is 24.7. The lowest BCUT2D eigenvalue weighted by Crippen LogP contribution is -2.70. The predicted octanol–water partition coefficient (Wildman–Crippen LogP) is 1.44. The van der Waals surface area contributed by atoms with Gasteiger partial charge in [0.2, 0.25) is 11.8 Å². The number of alkyl halides is 2. The van der Waals surface area contributed by atoms with E-state index in [0.717, 1.165) is 4.90 Å². The molecule has 0 aromatic heterocycles. The number of nitrogens with zero attached hydrogens (tertiary/aromatic N) is 2. The minimum absolute atomic E-state index is 0.0509. The Morgan fingerprint density at radius 3 is 2.62 bits per heavy atom. The Morgan fingerprint density at radius 1 is 1.32 bits per heavy atom.